The number of ether oxygens (including phenoxy) is 1. The summed E-state index contributed by atoms with van der Waals surface area (Å²) >= 11 is 0. The van der Waals surface area contributed by atoms with Gasteiger partial charge in [0.1, 0.15) is 5.75 Å². The number of hydrogen-bond donors (Lipinski definition) is 2. The van der Waals surface area contributed by atoms with Gasteiger partial charge in [0.2, 0.25) is 0 Å². The van der Waals surface area contributed by atoms with E-state index in [1.54, 1.807) is 0 Å². The Hall–Kier alpha value is -1.38. The third-order valence-electron chi connectivity index (χ3n) is 3.34. The van der Waals surface area contributed by atoms with E-state index in [1.165, 1.54) is 32.1 Å². The predicted molar refractivity (Wildman–Crippen MR) is 93.0 cm³/mol. The largest absolute Gasteiger partial charge is 0.491 e. The second kappa shape index (κ2) is 9.54. The van der Waals surface area contributed by atoms with Crippen LogP contribution < -0.4 is 15.8 Å². The van der Waals surface area contributed by atoms with Crippen molar-refractivity contribution in [2.45, 2.75) is 65.9 Å². The van der Waals surface area contributed by atoms with Crippen LogP contribution >= 0.6 is 0 Å². The van der Waals surface area contributed by atoms with Crippen LogP contribution in [0.15, 0.2) is 18.2 Å². The van der Waals surface area contributed by atoms with E-state index in [9.17, 15) is 0 Å². The molecule has 0 amide bonds. The maximum absolute atomic E-state index is 5.91. The third-order valence-corrected chi connectivity index (χ3v) is 3.34. The van der Waals surface area contributed by atoms with Crippen molar-refractivity contribution in [3.05, 3.63) is 18.2 Å². The first-order valence-electron chi connectivity index (χ1n) is 8.28. The van der Waals surface area contributed by atoms with Gasteiger partial charge in [0.25, 0.3) is 0 Å². The van der Waals surface area contributed by atoms with Crippen molar-refractivity contribution in [3.8, 4) is 5.75 Å². The molecule has 0 fully saturated rings. The quantitative estimate of drug-likeness (QED) is 0.467. The second-order valence-electron chi connectivity index (χ2n) is 6.48. The van der Waals surface area contributed by atoms with Crippen molar-refractivity contribution >= 4 is 11.4 Å². The van der Waals surface area contributed by atoms with E-state index >= 15 is 0 Å². The summed E-state index contributed by atoms with van der Waals surface area (Å²) in [5.41, 5.74) is 7.71. The van der Waals surface area contributed by atoms with Crippen LogP contribution in [0.3, 0.4) is 0 Å². The van der Waals surface area contributed by atoms with E-state index in [-0.39, 0.29) is 6.10 Å². The van der Waals surface area contributed by atoms with E-state index < -0.39 is 0 Å². The molecule has 0 aliphatic carbocycles. The van der Waals surface area contributed by atoms with Crippen molar-refractivity contribution in [1.29, 1.82) is 0 Å². The lowest BCUT2D eigenvalue weighted by Crippen LogP contribution is -2.07. The molecule has 0 aliphatic heterocycles. The molecule has 0 atom stereocenters. The Morgan fingerprint density at radius 2 is 1.71 bits per heavy atom. The number of anilines is 2. The first kappa shape index (κ1) is 17.7. The van der Waals surface area contributed by atoms with Gasteiger partial charge in [-0.15, -0.1) is 0 Å². The van der Waals surface area contributed by atoms with E-state index in [0.29, 0.717) is 0 Å². The minimum Gasteiger partial charge on any atom is -0.491 e. The number of hydrogen-bond acceptors (Lipinski definition) is 3. The zero-order chi connectivity index (χ0) is 15.7. The maximum Gasteiger partial charge on any atom is 0.123 e. The topological polar surface area (TPSA) is 47.3 Å². The summed E-state index contributed by atoms with van der Waals surface area (Å²) in [5, 5.41) is 3.44. The summed E-state index contributed by atoms with van der Waals surface area (Å²) in [6.45, 7) is 9.61. The van der Waals surface area contributed by atoms with Crippen LogP contribution in [0.25, 0.3) is 0 Å². The minimum absolute atomic E-state index is 0.167. The maximum atomic E-state index is 5.91. The van der Waals surface area contributed by atoms with Gasteiger partial charge in [-0.05, 0) is 32.3 Å². The lowest BCUT2D eigenvalue weighted by Gasteiger charge is -2.13. The number of benzene rings is 1. The summed E-state index contributed by atoms with van der Waals surface area (Å²) in [7, 11) is 0. The Balaban J connectivity index is 2.27. The van der Waals surface area contributed by atoms with Crippen LogP contribution in [0, 0.1) is 5.92 Å². The normalized spacial score (nSPS) is 11.1. The second-order valence-corrected chi connectivity index (χ2v) is 6.48. The zero-order valence-corrected chi connectivity index (χ0v) is 14.1. The molecule has 1 aromatic carbocycles. The summed E-state index contributed by atoms with van der Waals surface area (Å²) in [6, 6.07) is 5.86. The van der Waals surface area contributed by atoms with Gasteiger partial charge >= 0.3 is 0 Å². The molecule has 1 aromatic rings. The van der Waals surface area contributed by atoms with Crippen LogP contribution in [0.4, 0.5) is 11.4 Å². The Kier molecular flexibility index (Phi) is 8.03. The molecule has 21 heavy (non-hydrogen) atoms. The number of nitrogens with one attached hydrogen (secondary N) is 1. The molecule has 0 bridgehead atoms. The highest BCUT2D eigenvalue weighted by molar-refractivity contribution is 5.59. The molecule has 3 nitrogen and oxygen atoms in total. The number of rotatable bonds is 10. The van der Waals surface area contributed by atoms with E-state index in [0.717, 1.165) is 29.6 Å². The molecule has 0 saturated heterocycles. The molecule has 3 heteroatoms. The van der Waals surface area contributed by atoms with Crippen LogP contribution in [0.1, 0.15) is 59.8 Å². The highest BCUT2D eigenvalue weighted by Crippen LogP contribution is 2.23. The standard InChI is InChI=1S/C18H32N2O/c1-14(2)9-7-5-6-8-10-20-17-11-16(19)12-18(13-17)21-15(3)4/h11-15,20H,5-10,19H2,1-4H3. The number of nitrogens with two attached hydrogens (primary N) is 1. The molecule has 0 heterocycles. The lowest BCUT2D eigenvalue weighted by molar-refractivity contribution is 0.242. The van der Waals surface area contributed by atoms with Crippen LogP contribution in [0.2, 0.25) is 0 Å². The van der Waals surface area contributed by atoms with Gasteiger partial charge in [0.05, 0.1) is 6.10 Å². The molecule has 0 spiro atoms. The SMILES string of the molecule is CC(C)CCCCCCNc1cc(N)cc(OC(C)C)c1. The lowest BCUT2D eigenvalue weighted by atomic mass is 10.0. The van der Waals surface area contributed by atoms with Crippen molar-refractivity contribution in [2.24, 2.45) is 5.92 Å². The van der Waals surface area contributed by atoms with Crippen LogP contribution in [-0.4, -0.2) is 12.6 Å². The average molecular weight is 292 g/mol. The first-order valence-corrected chi connectivity index (χ1v) is 8.28. The smallest absolute Gasteiger partial charge is 0.123 e. The fourth-order valence-electron chi connectivity index (χ4n) is 2.33. The van der Waals surface area contributed by atoms with Crippen molar-refractivity contribution in [2.75, 3.05) is 17.6 Å². The molecule has 0 aliphatic rings. The molecular weight excluding hydrogens is 260 g/mol. The van der Waals surface area contributed by atoms with Gasteiger partial charge < -0.3 is 15.8 Å². The molecule has 0 radical (unpaired) electrons. The monoisotopic (exact) mass is 292 g/mol. The summed E-state index contributed by atoms with van der Waals surface area (Å²) in [4.78, 5) is 0. The van der Waals surface area contributed by atoms with Gasteiger partial charge in [-0.25, -0.2) is 0 Å². The minimum atomic E-state index is 0.167. The Morgan fingerprint density at radius 3 is 2.38 bits per heavy atom. The van der Waals surface area contributed by atoms with E-state index in [2.05, 4.69) is 19.2 Å². The molecule has 0 saturated carbocycles. The fourth-order valence-corrected chi connectivity index (χ4v) is 2.33. The summed E-state index contributed by atoms with van der Waals surface area (Å²) in [5.74, 6) is 1.67. The van der Waals surface area contributed by atoms with Gasteiger partial charge in [-0.1, -0.05) is 39.5 Å². The van der Waals surface area contributed by atoms with Crippen LogP contribution in [0.5, 0.6) is 5.75 Å². The molecular formula is C18H32N2O. The number of nitrogen functional groups attached to an aromatic ring is 1. The highest BCUT2D eigenvalue weighted by Gasteiger charge is 2.02. The molecule has 3 N–H and O–H groups in total. The molecule has 1 rings (SSSR count). The molecule has 120 valence electrons. The average Bonchev–Trinajstić information content (AvgIpc) is 2.35. The first-order chi connectivity index (χ1) is 9.97. The van der Waals surface area contributed by atoms with Crippen molar-refractivity contribution in [1.82, 2.24) is 0 Å². The number of unbranched alkanes of at least 4 members (excludes halogenated alkanes) is 3. The molecule has 0 aromatic heterocycles. The Labute approximate surface area is 130 Å². The van der Waals surface area contributed by atoms with Crippen LogP contribution in [-0.2, 0) is 0 Å². The molecule has 0 unspecified atom stereocenters. The Bertz CT molecular complexity index is 402. The van der Waals surface area contributed by atoms with Gasteiger partial charge in [-0.2, -0.15) is 0 Å². The van der Waals surface area contributed by atoms with E-state index in [4.69, 9.17) is 10.5 Å². The van der Waals surface area contributed by atoms with Gasteiger partial charge in [0.15, 0.2) is 0 Å². The highest BCUT2D eigenvalue weighted by atomic mass is 16.5. The van der Waals surface area contributed by atoms with Gasteiger partial charge in [-0.3, -0.25) is 0 Å². The van der Waals surface area contributed by atoms with Crippen molar-refractivity contribution in [3.63, 3.8) is 0 Å². The zero-order valence-electron chi connectivity index (χ0n) is 14.1. The summed E-state index contributed by atoms with van der Waals surface area (Å²) < 4.78 is 5.70. The Morgan fingerprint density at radius 1 is 1.00 bits per heavy atom. The third kappa shape index (κ3) is 8.49. The fraction of sp³-hybridized carbons (Fsp3) is 0.667. The summed E-state index contributed by atoms with van der Waals surface area (Å²) in [6.07, 6.45) is 6.69. The van der Waals surface area contributed by atoms with Gasteiger partial charge in [0, 0.05) is 30.1 Å². The van der Waals surface area contributed by atoms with E-state index in [1.807, 2.05) is 32.0 Å². The van der Waals surface area contributed by atoms with Crippen molar-refractivity contribution < 1.29 is 4.74 Å². The predicted octanol–water partition coefficient (Wildman–Crippen LogP) is 5.07.